The Labute approximate surface area is 192 Å². The molecule has 0 unspecified atom stereocenters. The number of sulfone groups is 1. The number of ether oxygens (including phenoxy) is 1. The van der Waals surface area contributed by atoms with E-state index in [9.17, 15) is 26.4 Å². The number of amides is 1. The maximum absolute atomic E-state index is 13.4. The van der Waals surface area contributed by atoms with Gasteiger partial charge in [-0.15, -0.1) is 0 Å². The Hall–Kier alpha value is -3.50. The Bertz CT molecular complexity index is 1410. The van der Waals surface area contributed by atoms with Gasteiger partial charge in [0.25, 0.3) is 10.0 Å². The van der Waals surface area contributed by atoms with Gasteiger partial charge in [-0.2, -0.15) is 0 Å². The number of esters is 1. The highest BCUT2D eigenvalue weighted by atomic mass is 32.2. The molecule has 10 heteroatoms. The topological polar surface area (TPSA) is 115 Å². The minimum Gasteiger partial charge on any atom is -0.425 e. The molecule has 0 bridgehead atoms. The average molecular weight is 488 g/mol. The molecule has 0 radical (unpaired) electrons. The molecule has 0 fully saturated rings. The highest BCUT2D eigenvalue weighted by molar-refractivity contribution is 7.93. The fourth-order valence-electron chi connectivity index (χ4n) is 3.10. The molecule has 0 heterocycles. The predicted octanol–water partition coefficient (Wildman–Crippen LogP) is 3.49. The van der Waals surface area contributed by atoms with Crippen molar-refractivity contribution in [2.24, 2.45) is 0 Å². The van der Waals surface area contributed by atoms with Crippen LogP contribution in [-0.4, -0.2) is 28.7 Å². The van der Waals surface area contributed by atoms with Gasteiger partial charge in [0.2, 0.25) is 15.7 Å². The van der Waals surface area contributed by atoms with Crippen LogP contribution < -0.4 is 9.04 Å². The molecule has 33 heavy (non-hydrogen) atoms. The smallest absolute Gasteiger partial charge is 0.308 e. The van der Waals surface area contributed by atoms with E-state index in [1.165, 1.54) is 42.5 Å². The number of nitrogens with zero attached hydrogens (tertiary/aromatic N) is 1. The second-order valence-electron chi connectivity index (χ2n) is 7.14. The molecule has 0 saturated heterocycles. The number of hydrogen-bond donors (Lipinski definition) is 0. The van der Waals surface area contributed by atoms with Crippen LogP contribution in [-0.2, 0) is 29.4 Å². The summed E-state index contributed by atoms with van der Waals surface area (Å²) in [6.07, 6.45) is 0. The van der Waals surface area contributed by atoms with E-state index in [2.05, 4.69) is 0 Å². The van der Waals surface area contributed by atoms with Gasteiger partial charge in [-0.05, 0) is 49.4 Å². The van der Waals surface area contributed by atoms with E-state index < -0.39 is 36.6 Å². The van der Waals surface area contributed by atoms with Crippen molar-refractivity contribution in [3.05, 3.63) is 78.4 Å². The molecule has 0 aliphatic rings. The van der Waals surface area contributed by atoms with Crippen LogP contribution in [0.15, 0.2) is 87.5 Å². The van der Waals surface area contributed by atoms with E-state index >= 15 is 0 Å². The first-order valence-corrected chi connectivity index (χ1v) is 12.6. The van der Waals surface area contributed by atoms with E-state index in [1.54, 1.807) is 25.1 Å². The fraction of sp³-hybridized carbons (Fsp3) is 0.130. The maximum atomic E-state index is 13.4. The van der Waals surface area contributed by atoms with Crippen LogP contribution in [0, 0.1) is 6.92 Å². The molecule has 0 spiro atoms. The lowest BCUT2D eigenvalue weighted by atomic mass is 10.2. The third-order valence-electron chi connectivity index (χ3n) is 4.60. The number of aryl methyl sites for hydroxylation is 1. The fourth-order valence-corrected chi connectivity index (χ4v) is 5.94. The molecule has 0 aliphatic heterocycles. The molecule has 0 atom stereocenters. The molecule has 0 aliphatic carbocycles. The van der Waals surface area contributed by atoms with E-state index in [0.717, 1.165) is 31.5 Å². The summed E-state index contributed by atoms with van der Waals surface area (Å²) in [5.74, 6) is -1.89. The summed E-state index contributed by atoms with van der Waals surface area (Å²) < 4.78 is 58.7. The van der Waals surface area contributed by atoms with Crippen molar-refractivity contribution in [2.45, 2.75) is 35.5 Å². The van der Waals surface area contributed by atoms with Crippen molar-refractivity contribution < 1.29 is 31.2 Å². The number of benzene rings is 3. The minimum absolute atomic E-state index is 0.0843. The lowest BCUT2D eigenvalue weighted by molar-refractivity contribution is -0.132. The number of anilines is 1. The van der Waals surface area contributed by atoms with Crippen LogP contribution in [0.2, 0.25) is 0 Å². The number of sulfonamides is 1. The lowest BCUT2D eigenvalue weighted by Gasteiger charge is -2.22. The Morgan fingerprint density at radius 3 is 1.94 bits per heavy atom. The molecule has 0 N–H and O–H groups in total. The molecule has 0 saturated carbocycles. The van der Waals surface area contributed by atoms with Crippen molar-refractivity contribution in [1.82, 2.24) is 0 Å². The molecule has 0 aromatic heterocycles. The van der Waals surface area contributed by atoms with Crippen LogP contribution in [0.25, 0.3) is 0 Å². The van der Waals surface area contributed by atoms with Crippen LogP contribution in [0.1, 0.15) is 19.4 Å². The summed E-state index contributed by atoms with van der Waals surface area (Å²) in [6, 6.07) is 16.6. The van der Waals surface area contributed by atoms with Crippen molar-refractivity contribution in [3.8, 4) is 5.75 Å². The molecular weight excluding hydrogens is 466 g/mol. The predicted molar refractivity (Wildman–Crippen MR) is 121 cm³/mol. The van der Waals surface area contributed by atoms with Crippen LogP contribution in [0.3, 0.4) is 0 Å². The highest BCUT2D eigenvalue weighted by Crippen LogP contribution is 2.35. The zero-order valence-corrected chi connectivity index (χ0v) is 19.7. The normalized spacial score (nSPS) is 11.6. The van der Waals surface area contributed by atoms with Crippen molar-refractivity contribution >= 4 is 37.4 Å². The average Bonchev–Trinajstić information content (AvgIpc) is 2.75. The third kappa shape index (κ3) is 4.96. The summed E-state index contributed by atoms with van der Waals surface area (Å²) >= 11 is 0. The molecule has 172 valence electrons. The molecule has 8 nitrogen and oxygen atoms in total. The minimum atomic E-state index is -4.34. The summed E-state index contributed by atoms with van der Waals surface area (Å²) in [4.78, 5) is 23.3. The summed E-state index contributed by atoms with van der Waals surface area (Å²) in [5.41, 5.74) is 0.618. The number of rotatable bonds is 6. The largest absolute Gasteiger partial charge is 0.425 e. The van der Waals surface area contributed by atoms with Crippen LogP contribution in [0.5, 0.6) is 5.75 Å². The van der Waals surface area contributed by atoms with Gasteiger partial charge in [0.15, 0.2) is 0 Å². The second kappa shape index (κ2) is 9.16. The van der Waals surface area contributed by atoms with Gasteiger partial charge in [0.05, 0.1) is 15.5 Å². The first-order chi connectivity index (χ1) is 15.4. The van der Waals surface area contributed by atoms with Gasteiger partial charge in [0.1, 0.15) is 10.6 Å². The lowest BCUT2D eigenvalue weighted by Crippen LogP contribution is -2.35. The quantitative estimate of drug-likeness (QED) is 0.386. The Morgan fingerprint density at radius 2 is 1.39 bits per heavy atom. The summed E-state index contributed by atoms with van der Waals surface area (Å²) in [5, 5.41) is 0. The Balaban J connectivity index is 2.24. The molecule has 3 aromatic carbocycles. The van der Waals surface area contributed by atoms with Gasteiger partial charge >= 0.3 is 5.97 Å². The highest BCUT2D eigenvalue weighted by Gasteiger charge is 2.31. The van der Waals surface area contributed by atoms with Gasteiger partial charge in [-0.3, -0.25) is 9.59 Å². The van der Waals surface area contributed by atoms with Gasteiger partial charge in [-0.1, -0.05) is 35.9 Å². The Kier molecular flexibility index (Phi) is 6.71. The van der Waals surface area contributed by atoms with Crippen molar-refractivity contribution in [2.75, 3.05) is 4.31 Å². The van der Waals surface area contributed by atoms with E-state index in [4.69, 9.17) is 4.74 Å². The van der Waals surface area contributed by atoms with Crippen molar-refractivity contribution in [1.29, 1.82) is 0 Å². The van der Waals surface area contributed by atoms with Gasteiger partial charge in [0, 0.05) is 13.8 Å². The van der Waals surface area contributed by atoms with Crippen molar-refractivity contribution in [3.63, 3.8) is 0 Å². The van der Waals surface area contributed by atoms with Crippen LogP contribution in [0.4, 0.5) is 5.69 Å². The number of hydrogen-bond acceptors (Lipinski definition) is 7. The summed E-state index contributed by atoms with van der Waals surface area (Å²) in [7, 11) is -8.57. The zero-order chi connectivity index (χ0) is 24.4. The molecule has 3 aromatic rings. The first kappa shape index (κ1) is 24.1. The number of carbonyl (C=O) groups is 2. The summed E-state index contributed by atoms with van der Waals surface area (Å²) in [6.45, 7) is 3.95. The monoisotopic (exact) mass is 487 g/mol. The van der Waals surface area contributed by atoms with E-state index in [0.29, 0.717) is 4.31 Å². The third-order valence-corrected chi connectivity index (χ3v) is 8.21. The molecular formula is C23H21NO7S2. The standard InChI is InChI=1S/C23H21NO7S2/c1-16-9-12-20(13-10-16)32(27,28)23-15-19(11-14-22(23)31-18(3)26)24(17(2)25)33(29,30)21-7-5-4-6-8-21/h4-15H,1-3H3. The maximum Gasteiger partial charge on any atom is 0.308 e. The zero-order valence-electron chi connectivity index (χ0n) is 18.0. The molecule has 3 rings (SSSR count). The molecule has 1 amide bonds. The Morgan fingerprint density at radius 1 is 0.788 bits per heavy atom. The number of carbonyl (C=O) groups excluding carboxylic acids is 2. The van der Waals surface area contributed by atoms with Crippen LogP contribution >= 0.6 is 0 Å². The van der Waals surface area contributed by atoms with Gasteiger partial charge in [-0.25, -0.2) is 21.1 Å². The SMILES string of the molecule is CC(=O)Oc1ccc(N(C(C)=O)S(=O)(=O)c2ccccc2)cc1S(=O)(=O)c1ccc(C)cc1. The first-order valence-electron chi connectivity index (χ1n) is 9.70. The second-order valence-corrected chi connectivity index (χ2v) is 10.8. The van der Waals surface area contributed by atoms with Gasteiger partial charge < -0.3 is 4.74 Å². The van der Waals surface area contributed by atoms with E-state index in [1.807, 2.05) is 0 Å². The van der Waals surface area contributed by atoms with E-state index in [-0.39, 0.29) is 21.2 Å².